The normalized spacial score (nSPS) is 10.8. The Balaban J connectivity index is 2.83. The predicted molar refractivity (Wildman–Crippen MR) is 55.4 cm³/mol. The quantitative estimate of drug-likeness (QED) is 0.763. The molecule has 0 saturated heterocycles. The fourth-order valence-corrected chi connectivity index (χ4v) is 1.12. The lowest BCUT2D eigenvalue weighted by atomic mass is 10.2. The van der Waals surface area contributed by atoms with Gasteiger partial charge < -0.3 is 10.6 Å². The minimum atomic E-state index is 0.828. The Morgan fingerprint density at radius 3 is 2.85 bits per heavy atom. The molecule has 0 saturated carbocycles. The molecule has 72 valence electrons. The van der Waals surface area contributed by atoms with Crippen molar-refractivity contribution >= 4 is 5.69 Å². The summed E-state index contributed by atoms with van der Waals surface area (Å²) in [5, 5.41) is 0. The molecule has 0 bridgehead atoms. The Morgan fingerprint density at radius 1 is 1.54 bits per heavy atom. The fraction of sp³-hybridized carbons (Fsp3) is 0.500. The smallest absolute Gasteiger partial charge is 0.0593 e. The first-order chi connectivity index (χ1) is 6.15. The van der Waals surface area contributed by atoms with Gasteiger partial charge in [0.15, 0.2) is 0 Å². The second-order valence-corrected chi connectivity index (χ2v) is 3.30. The van der Waals surface area contributed by atoms with Crippen molar-refractivity contribution < 1.29 is 0 Å². The molecule has 0 aliphatic carbocycles. The number of pyridine rings is 1. The summed E-state index contributed by atoms with van der Waals surface area (Å²) in [5.74, 6) is 0. The van der Waals surface area contributed by atoms with Gasteiger partial charge >= 0.3 is 0 Å². The third-order valence-electron chi connectivity index (χ3n) is 2.31. The van der Waals surface area contributed by atoms with Gasteiger partial charge in [0.05, 0.1) is 5.69 Å². The molecule has 0 atom stereocenters. The maximum absolute atomic E-state index is 5.78. The minimum Gasteiger partial charge on any atom is -0.398 e. The summed E-state index contributed by atoms with van der Waals surface area (Å²) in [6.45, 7) is 6.03. The van der Waals surface area contributed by atoms with Gasteiger partial charge in [0.2, 0.25) is 0 Å². The van der Waals surface area contributed by atoms with Crippen molar-refractivity contribution in [3.8, 4) is 0 Å². The van der Waals surface area contributed by atoms with Crippen LogP contribution in [0.15, 0.2) is 12.3 Å². The topological polar surface area (TPSA) is 42.2 Å². The number of nitrogen functional groups attached to an aromatic ring is 1. The molecule has 1 aromatic rings. The van der Waals surface area contributed by atoms with E-state index in [2.05, 4.69) is 23.9 Å². The van der Waals surface area contributed by atoms with E-state index in [1.165, 1.54) is 0 Å². The van der Waals surface area contributed by atoms with Gasteiger partial charge in [-0.15, -0.1) is 0 Å². The van der Waals surface area contributed by atoms with Crippen molar-refractivity contribution in [1.82, 2.24) is 9.88 Å². The average Bonchev–Trinajstić information content (AvgIpc) is 2.13. The summed E-state index contributed by atoms with van der Waals surface area (Å²) in [7, 11) is 2.07. The van der Waals surface area contributed by atoms with E-state index in [9.17, 15) is 0 Å². The van der Waals surface area contributed by atoms with E-state index in [0.29, 0.717) is 0 Å². The second-order valence-electron chi connectivity index (χ2n) is 3.30. The largest absolute Gasteiger partial charge is 0.398 e. The van der Waals surface area contributed by atoms with E-state index in [0.717, 1.165) is 30.0 Å². The zero-order valence-electron chi connectivity index (χ0n) is 8.54. The van der Waals surface area contributed by atoms with E-state index in [-0.39, 0.29) is 0 Å². The number of nitrogens with zero attached hydrogens (tertiary/aromatic N) is 2. The molecule has 0 unspecified atom stereocenters. The number of anilines is 1. The van der Waals surface area contributed by atoms with Crippen LogP contribution in [-0.2, 0) is 6.54 Å². The lowest BCUT2D eigenvalue weighted by molar-refractivity contribution is 0.340. The molecule has 3 heteroatoms. The lowest BCUT2D eigenvalue weighted by Gasteiger charge is -2.15. The zero-order valence-corrected chi connectivity index (χ0v) is 8.54. The van der Waals surface area contributed by atoms with E-state index in [1.54, 1.807) is 6.20 Å². The van der Waals surface area contributed by atoms with Crippen LogP contribution in [0.3, 0.4) is 0 Å². The van der Waals surface area contributed by atoms with Crippen LogP contribution in [0.2, 0.25) is 0 Å². The summed E-state index contributed by atoms with van der Waals surface area (Å²) >= 11 is 0. The molecule has 0 spiro atoms. The van der Waals surface area contributed by atoms with Crippen LogP contribution >= 0.6 is 0 Å². The third-order valence-corrected chi connectivity index (χ3v) is 2.31. The first-order valence-electron chi connectivity index (χ1n) is 4.53. The molecule has 0 amide bonds. The molecule has 13 heavy (non-hydrogen) atoms. The zero-order chi connectivity index (χ0) is 9.84. The van der Waals surface area contributed by atoms with Gasteiger partial charge in [0.25, 0.3) is 0 Å². The van der Waals surface area contributed by atoms with Crippen molar-refractivity contribution in [2.24, 2.45) is 0 Å². The van der Waals surface area contributed by atoms with Gasteiger partial charge in [-0.05, 0) is 32.1 Å². The second kappa shape index (κ2) is 4.23. The van der Waals surface area contributed by atoms with E-state index in [1.807, 2.05) is 13.0 Å². The van der Waals surface area contributed by atoms with Crippen molar-refractivity contribution in [3.63, 3.8) is 0 Å². The Morgan fingerprint density at radius 2 is 2.23 bits per heavy atom. The average molecular weight is 179 g/mol. The monoisotopic (exact) mass is 179 g/mol. The minimum absolute atomic E-state index is 0.828. The first-order valence-corrected chi connectivity index (χ1v) is 4.53. The van der Waals surface area contributed by atoms with Crippen molar-refractivity contribution in [2.75, 3.05) is 19.3 Å². The molecule has 0 aliphatic rings. The van der Waals surface area contributed by atoms with Crippen LogP contribution in [-0.4, -0.2) is 23.5 Å². The molecular weight excluding hydrogens is 162 g/mol. The highest BCUT2D eigenvalue weighted by molar-refractivity contribution is 5.46. The van der Waals surface area contributed by atoms with Crippen molar-refractivity contribution in [2.45, 2.75) is 20.4 Å². The highest BCUT2D eigenvalue weighted by Crippen LogP contribution is 2.13. The molecule has 0 aliphatic heterocycles. The summed E-state index contributed by atoms with van der Waals surface area (Å²) in [4.78, 5) is 6.51. The van der Waals surface area contributed by atoms with Gasteiger partial charge in [-0.1, -0.05) is 6.92 Å². The summed E-state index contributed by atoms with van der Waals surface area (Å²) in [5.41, 5.74) is 8.78. The van der Waals surface area contributed by atoms with Crippen molar-refractivity contribution in [3.05, 3.63) is 23.5 Å². The van der Waals surface area contributed by atoms with Crippen LogP contribution in [0, 0.1) is 6.92 Å². The number of hydrogen-bond acceptors (Lipinski definition) is 3. The van der Waals surface area contributed by atoms with Gasteiger partial charge in [0.1, 0.15) is 0 Å². The maximum Gasteiger partial charge on any atom is 0.0593 e. The molecular formula is C10H17N3. The van der Waals surface area contributed by atoms with E-state index in [4.69, 9.17) is 5.73 Å². The van der Waals surface area contributed by atoms with Gasteiger partial charge in [-0.25, -0.2) is 0 Å². The number of nitrogens with two attached hydrogens (primary N) is 1. The van der Waals surface area contributed by atoms with Crippen molar-refractivity contribution in [1.29, 1.82) is 0 Å². The van der Waals surface area contributed by atoms with Gasteiger partial charge in [-0.3, -0.25) is 4.98 Å². The van der Waals surface area contributed by atoms with Crippen LogP contribution in [0.5, 0.6) is 0 Å². The van der Waals surface area contributed by atoms with E-state index < -0.39 is 0 Å². The van der Waals surface area contributed by atoms with Crippen LogP contribution in [0.25, 0.3) is 0 Å². The SMILES string of the molecule is CCN(C)Cc1nccc(N)c1C. The Kier molecular flexibility index (Phi) is 3.25. The molecule has 0 fully saturated rings. The summed E-state index contributed by atoms with van der Waals surface area (Å²) in [6, 6.07) is 1.84. The Bertz CT molecular complexity index is 283. The molecule has 1 heterocycles. The van der Waals surface area contributed by atoms with E-state index >= 15 is 0 Å². The Labute approximate surface area is 79.6 Å². The molecule has 3 nitrogen and oxygen atoms in total. The lowest BCUT2D eigenvalue weighted by Crippen LogP contribution is -2.18. The molecule has 1 rings (SSSR count). The highest BCUT2D eigenvalue weighted by Gasteiger charge is 2.04. The first kappa shape index (κ1) is 9.99. The third kappa shape index (κ3) is 2.42. The van der Waals surface area contributed by atoms with Crippen LogP contribution in [0.4, 0.5) is 5.69 Å². The summed E-state index contributed by atoms with van der Waals surface area (Å²) < 4.78 is 0. The number of hydrogen-bond donors (Lipinski definition) is 1. The standard InChI is InChI=1S/C10H17N3/c1-4-13(3)7-10-8(2)9(11)5-6-12-10/h5-6H,4,7H2,1-3H3,(H2,11,12). The molecule has 2 N–H and O–H groups in total. The van der Waals surface area contributed by atoms with Crippen LogP contribution in [0.1, 0.15) is 18.2 Å². The Hall–Kier alpha value is -1.09. The molecule has 0 radical (unpaired) electrons. The number of rotatable bonds is 3. The number of aromatic nitrogens is 1. The van der Waals surface area contributed by atoms with Gasteiger partial charge in [0, 0.05) is 18.4 Å². The highest BCUT2D eigenvalue weighted by atomic mass is 15.1. The fourth-order valence-electron chi connectivity index (χ4n) is 1.12. The van der Waals surface area contributed by atoms with Crippen LogP contribution < -0.4 is 5.73 Å². The van der Waals surface area contributed by atoms with Gasteiger partial charge in [-0.2, -0.15) is 0 Å². The predicted octanol–water partition coefficient (Wildman–Crippen LogP) is 1.42. The summed E-state index contributed by atoms with van der Waals surface area (Å²) in [6.07, 6.45) is 1.77. The maximum atomic E-state index is 5.78. The molecule has 1 aromatic heterocycles. The molecule has 0 aromatic carbocycles.